The number of fused-ring (bicyclic) bond motifs is 1. The minimum Gasteiger partial charge on any atom is -0.480 e. The number of carboxylic acids is 1. The van der Waals surface area contributed by atoms with Crippen LogP contribution in [0.2, 0.25) is 0 Å². The van der Waals surface area contributed by atoms with Gasteiger partial charge in [-0.3, -0.25) is 4.79 Å². The first-order valence-electron chi connectivity index (χ1n) is 6.77. The van der Waals surface area contributed by atoms with Crippen molar-refractivity contribution in [2.75, 3.05) is 19.8 Å². The molecule has 0 radical (unpaired) electrons. The summed E-state index contributed by atoms with van der Waals surface area (Å²) in [5, 5.41) is 10.1. The lowest BCUT2D eigenvalue weighted by atomic mass is 10.2. The van der Waals surface area contributed by atoms with Crippen LogP contribution >= 0.6 is 0 Å². The number of benzene rings is 1. The Labute approximate surface area is 121 Å². The van der Waals surface area contributed by atoms with E-state index in [1.54, 1.807) is 6.07 Å². The Balaban J connectivity index is 1.93. The van der Waals surface area contributed by atoms with Crippen molar-refractivity contribution in [3.05, 3.63) is 35.5 Å². The van der Waals surface area contributed by atoms with Gasteiger partial charge in [0.1, 0.15) is 5.69 Å². The van der Waals surface area contributed by atoms with E-state index in [1.165, 1.54) is 4.90 Å². The van der Waals surface area contributed by atoms with Gasteiger partial charge in [-0.1, -0.05) is 12.1 Å². The Morgan fingerprint density at radius 1 is 1.38 bits per heavy atom. The maximum atomic E-state index is 12.5. The van der Waals surface area contributed by atoms with E-state index >= 15 is 0 Å². The second-order valence-electron chi connectivity index (χ2n) is 5.20. The van der Waals surface area contributed by atoms with Crippen molar-refractivity contribution in [2.24, 2.45) is 0 Å². The predicted molar refractivity (Wildman–Crippen MR) is 76.3 cm³/mol. The van der Waals surface area contributed by atoms with E-state index in [2.05, 4.69) is 4.98 Å². The van der Waals surface area contributed by atoms with Gasteiger partial charge in [-0.05, 0) is 24.6 Å². The first-order valence-corrected chi connectivity index (χ1v) is 6.77. The van der Waals surface area contributed by atoms with E-state index in [1.807, 2.05) is 25.1 Å². The van der Waals surface area contributed by atoms with Gasteiger partial charge in [0, 0.05) is 17.4 Å². The highest BCUT2D eigenvalue weighted by molar-refractivity contribution is 5.99. The van der Waals surface area contributed by atoms with Crippen molar-refractivity contribution in [2.45, 2.75) is 13.0 Å². The number of aryl methyl sites for hydroxylation is 1. The largest absolute Gasteiger partial charge is 0.480 e. The number of carboxylic acid groups (broad SMARTS) is 1. The second-order valence-corrected chi connectivity index (χ2v) is 5.20. The SMILES string of the molecule is Cc1ccc2cc(C(=O)N3CCOCC3C(=O)O)[nH]c2c1. The second kappa shape index (κ2) is 5.21. The molecule has 1 atom stereocenters. The zero-order valence-corrected chi connectivity index (χ0v) is 11.6. The standard InChI is InChI=1S/C15H16N2O4/c1-9-2-3-10-7-12(16-11(10)6-9)14(18)17-4-5-21-8-13(17)15(19)20/h2-3,6-7,13,16H,4-5,8H2,1H3,(H,19,20). The Kier molecular flexibility index (Phi) is 3.39. The maximum Gasteiger partial charge on any atom is 0.328 e. The number of ether oxygens (including phenoxy) is 1. The number of hydrogen-bond donors (Lipinski definition) is 2. The van der Waals surface area contributed by atoms with Gasteiger partial charge in [0.2, 0.25) is 0 Å². The van der Waals surface area contributed by atoms with E-state index in [0.29, 0.717) is 12.3 Å². The lowest BCUT2D eigenvalue weighted by Gasteiger charge is -2.32. The third-order valence-corrected chi connectivity index (χ3v) is 3.68. The normalized spacial score (nSPS) is 18.9. The Hall–Kier alpha value is -2.34. The fraction of sp³-hybridized carbons (Fsp3) is 0.333. The third kappa shape index (κ3) is 2.50. The molecule has 110 valence electrons. The fourth-order valence-corrected chi connectivity index (χ4v) is 2.56. The van der Waals surface area contributed by atoms with Gasteiger partial charge >= 0.3 is 5.97 Å². The molecule has 6 nitrogen and oxygen atoms in total. The Morgan fingerprint density at radius 3 is 2.95 bits per heavy atom. The van der Waals surface area contributed by atoms with E-state index < -0.39 is 12.0 Å². The monoisotopic (exact) mass is 288 g/mol. The van der Waals surface area contributed by atoms with Gasteiger partial charge in [0.05, 0.1) is 13.2 Å². The summed E-state index contributed by atoms with van der Waals surface area (Å²) in [6, 6.07) is 6.69. The maximum absolute atomic E-state index is 12.5. The number of H-pyrrole nitrogens is 1. The van der Waals surface area contributed by atoms with Crippen LogP contribution in [0.15, 0.2) is 24.3 Å². The predicted octanol–water partition coefficient (Wildman–Crippen LogP) is 1.40. The molecule has 2 N–H and O–H groups in total. The topological polar surface area (TPSA) is 82.6 Å². The number of nitrogens with one attached hydrogen (secondary N) is 1. The molecule has 1 aromatic heterocycles. The highest BCUT2D eigenvalue weighted by Gasteiger charge is 2.33. The highest BCUT2D eigenvalue weighted by atomic mass is 16.5. The van der Waals surface area contributed by atoms with Crippen LogP contribution in [-0.2, 0) is 9.53 Å². The number of rotatable bonds is 2. The summed E-state index contributed by atoms with van der Waals surface area (Å²) in [6.07, 6.45) is 0. The third-order valence-electron chi connectivity index (χ3n) is 3.68. The van der Waals surface area contributed by atoms with Crippen LogP contribution in [0.4, 0.5) is 0 Å². The summed E-state index contributed by atoms with van der Waals surface area (Å²) in [5.41, 5.74) is 2.38. The summed E-state index contributed by atoms with van der Waals surface area (Å²) in [4.78, 5) is 28.2. The zero-order chi connectivity index (χ0) is 15.0. The van der Waals surface area contributed by atoms with Crippen LogP contribution in [0.1, 0.15) is 16.1 Å². The van der Waals surface area contributed by atoms with Gasteiger partial charge in [-0.2, -0.15) is 0 Å². The molecule has 2 heterocycles. The van der Waals surface area contributed by atoms with E-state index in [4.69, 9.17) is 4.74 Å². The van der Waals surface area contributed by atoms with E-state index in [-0.39, 0.29) is 19.1 Å². The van der Waals surface area contributed by atoms with Crippen molar-refractivity contribution in [3.63, 3.8) is 0 Å². The first kappa shape index (κ1) is 13.6. The van der Waals surface area contributed by atoms with Crippen LogP contribution in [-0.4, -0.2) is 52.7 Å². The Morgan fingerprint density at radius 2 is 2.19 bits per heavy atom. The van der Waals surface area contributed by atoms with Crippen LogP contribution in [0.5, 0.6) is 0 Å². The van der Waals surface area contributed by atoms with Gasteiger partial charge in [-0.15, -0.1) is 0 Å². The fourth-order valence-electron chi connectivity index (χ4n) is 2.56. The zero-order valence-electron chi connectivity index (χ0n) is 11.6. The van der Waals surface area contributed by atoms with Crippen molar-refractivity contribution in [3.8, 4) is 0 Å². The number of nitrogens with zero attached hydrogens (tertiary/aromatic N) is 1. The number of hydrogen-bond acceptors (Lipinski definition) is 3. The first-order chi connectivity index (χ1) is 10.1. The molecule has 1 amide bonds. The van der Waals surface area contributed by atoms with Crippen molar-refractivity contribution in [1.82, 2.24) is 9.88 Å². The molecule has 3 rings (SSSR count). The number of carbonyl (C=O) groups excluding carboxylic acids is 1. The van der Waals surface area contributed by atoms with E-state index in [9.17, 15) is 14.7 Å². The van der Waals surface area contributed by atoms with Crippen LogP contribution in [0.25, 0.3) is 10.9 Å². The average molecular weight is 288 g/mol. The summed E-state index contributed by atoms with van der Waals surface area (Å²) in [6.45, 7) is 2.64. The molecule has 6 heteroatoms. The average Bonchev–Trinajstić information content (AvgIpc) is 2.89. The molecule has 1 saturated heterocycles. The summed E-state index contributed by atoms with van der Waals surface area (Å²) >= 11 is 0. The van der Waals surface area contributed by atoms with Crippen molar-refractivity contribution in [1.29, 1.82) is 0 Å². The van der Waals surface area contributed by atoms with Gasteiger partial charge in [-0.25, -0.2) is 4.79 Å². The summed E-state index contributed by atoms with van der Waals surface area (Å²) in [7, 11) is 0. The highest BCUT2D eigenvalue weighted by Crippen LogP contribution is 2.19. The quantitative estimate of drug-likeness (QED) is 0.875. The molecule has 0 spiro atoms. The molecule has 1 aromatic carbocycles. The minimum absolute atomic E-state index is 0.0282. The number of morpholine rings is 1. The molecule has 1 aliphatic heterocycles. The smallest absolute Gasteiger partial charge is 0.328 e. The molecular weight excluding hydrogens is 272 g/mol. The summed E-state index contributed by atoms with van der Waals surface area (Å²) in [5.74, 6) is -1.35. The van der Waals surface area contributed by atoms with Crippen molar-refractivity contribution < 1.29 is 19.4 Å². The lowest BCUT2D eigenvalue weighted by Crippen LogP contribution is -2.52. The minimum atomic E-state index is -1.05. The molecule has 2 aromatic rings. The number of amides is 1. The molecule has 1 unspecified atom stereocenters. The van der Waals surface area contributed by atoms with Crippen LogP contribution in [0.3, 0.4) is 0 Å². The van der Waals surface area contributed by atoms with Crippen LogP contribution < -0.4 is 0 Å². The number of aromatic nitrogens is 1. The van der Waals surface area contributed by atoms with Crippen LogP contribution in [0, 0.1) is 6.92 Å². The molecule has 1 aliphatic rings. The molecule has 0 bridgehead atoms. The van der Waals surface area contributed by atoms with Gasteiger partial charge in [0.15, 0.2) is 6.04 Å². The van der Waals surface area contributed by atoms with Gasteiger partial charge < -0.3 is 19.7 Å². The van der Waals surface area contributed by atoms with E-state index in [0.717, 1.165) is 16.5 Å². The number of aliphatic carboxylic acids is 1. The molecule has 0 aliphatic carbocycles. The summed E-state index contributed by atoms with van der Waals surface area (Å²) < 4.78 is 5.15. The molecular formula is C15H16N2O4. The molecule has 21 heavy (non-hydrogen) atoms. The lowest BCUT2D eigenvalue weighted by molar-refractivity contribution is -0.147. The Bertz CT molecular complexity index is 707. The van der Waals surface area contributed by atoms with Gasteiger partial charge in [0.25, 0.3) is 5.91 Å². The molecule has 0 saturated carbocycles. The number of aromatic amines is 1. The molecule has 1 fully saturated rings. The number of carbonyl (C=O) groups is 2. The van der Waals surface area contributed by atoms with Crippen molar-refractivity contribution >= 4 is 22.8 Å².